The molecule has 0 bridgehead atoms. The van der Waals surface area contributed by atoms with E-state index in [4.69, 9.17) is 14.2 Å². The zero-order valence-corrected chi connectivity index (χ0v) is 12.3. The zero-order valence-electron chi connectivity index (χ0n) is 12.3. The Morgan fingerprint density at radius 1 is 1.11 bits per heavy atom. The van der Waals surface area contributed by atoms with E-state index in [2.05, 4.69) is 19.2 Å². The van der Waals surface area contributed by atoms with Crippen LogP contribution in [0.2, 0.25) is 0 Å². The van der Waals surface area contributed by atoms with Crippen LogP contribution < -0.4 is 10.1 Å². The van der Waals surface area contributed by atoms with E-state index in [-0.39, 0.29) is 6.10 Å². The number of benzene rings is 1. The Morgan fingerprint density at radius 2 is 1.79 bits per heavy atom. The highest BCUT2D eigenvalue weighted by atomic mass is 16.5. The molecule has 0 saturated heterocycles. The minimum absolute atomic E-state index is 0.0644. The molecule has 0 aliphatic heterocycles. The van der Waals surface area contributed by atoms with Crippen molar-refractivity contribution in [1.82, 2.24) is 5.32 Å². The van der Waals surface area contributed by atoms with E-state index in [9.17, 15) is 0 Å². The van der Waals surface area contributed by atoms with E-state index in [1.807, 2.05) is 24.3 Å². The fourth-order valence-corrected chi connectivity index (χ4v) is 1.65. The molecule has 1 atom stereocenters. The monoisotopic (exact) mass is 267 g/mol. The topological polar surface area (TPSA) is 39.7 Å². The van der Waals surface area contributed by atoms with Gasteiger partial charge in [0.1, 0.15) is 5.75 Å². The van der Waals surface area contributed by atoms with Crippen LogP contribution in [-0.4, -0.2) is 39.5 Å². The second kappa shape index (κ2) is 8.91. The molecule has 0 amide bonds. The van der Waals surface area contributed by atoms with Crippen molar-refractivity contribution < 1.29 is 14.2 Å². The van der Waals surface area contributed by atoms with E-state index >= 15 is 0 Å². The van der Waals surface area contributed by atoms with Crippen LogP contribution in [-0.2, 0) is 16.1 Å². The molecule has 0 spiro atoms. The number of hydrogen-bond donors (Lipinski definition) is 1. The molecule has 1 rings (SSSR count). The Kier molecular flexibility index (Phi) is 7.48. The van der Waals surface area contributed by atoms with Gasteiger partial charge < -0.3 is 19.5 Å². The molecule has 0 saturated carbocycles. The van der Waals surface area contributed by atoms with Gasteiger partial charge in [-0.1, -0.05) is 26.0 Å². The van der Waals surface area contributed by atoms with Crippen LogP contribution in [0.3, 0.4) is 0 Å². The standard InChI is InChI=1S/C15H25NO3/c1-12(2)16-9-15(11-17-3)19-10-13-5-7-14(18-4)8-6-13/h5-8,12,15-16H,9-11H2,1-4H3. The summed E-state index contributed by atoms with van der Waals surface area (Å²) in [5, 5.41) is 3.36. The maximum absolute atomic E-state index is 5.86. The molecule has 1 aromatic carbocycles. The molecule has 0 fully saturated rings. The summed E-state index contributed by atoms with van der Waals surface area (Å²) in [6.45, 7) is 6.20. The van der Waals surface area contributed by atoms with Crippen molar-refractivity contribution in [2.45, 2.75) is 32.6 Å². The molecule has 0 aliphatic rings. The maximum Gasteiger partial charge on any atom is 0.118 e. The van der Waals surface area contributed by atoms with Crippen LogP contribution in [0.1, 0.15) is 19.4 Å². The lowest BCUT2D eigenvalue weighted by atomic mass is 10.2. The molecule has 0 aromatic heterocycles. The van der Waals surface area contributed by atoms with Crippen molar-refractivity contribution in [1.29, 1.82) is 0 Å². The highest BCUT2D eigenvalue weighted by Crippen LogP contribution is 2.12. The van der Waals surface area contributed by atoms with Crippen LogP contribution in [0.15, 0.2) is 24.3 Å². The number of hydrogen-bond acceptors (Lipinski definition) is 4. The Labute approximate surface area is 116 Å². The fraction of sp³-hybridized carbons (Fsp3) is 0.600. The van der Waals surface area contributed by atoms with Crippen LogP contribution >= 0.6 is 0 Å². The van der Waals surface area contributed by atoms with Crippen LogP contribution in [0.4, 0.5) is 0 Å². The van der Waals surface area contributed by atoms with E-state index < -0.39 is 0 Å². The third-order valence-corrected chi connectivity index (χ3v) is 2.75. The summed E-state index contributed by atoms with van der Waals surface area (Å²) in [6.07, 6.45) is 0.0644. The van der Waals surface area contributed by atoms with Gasteiger partial charge in [-0.15, -0.1) is 0 Å². The van der Waals surface area contributed by atoms with Crippen molar-refractivity contribution >= 4 is 0 Å². The SMILES string of the molecule is COCC(CNC(C)C)OCc1ccc(OC)cc1. The van der Waals surface area contributed by atoms with Crippen molar-refractivity contribution in [3.63, 3.8) is 0 Å². The summed E-state index contributed by atoms with van der Waals surface area (Å²) in [6, 6.07) is 8.35. The van der Waals surface area contributed by atoms with Crippen molar-refractivity contribution in [3.05, 3.63) is 29.8 Å². The second-order valence-corrected chi connectivity index (χ2v) is 4.80. The van der Waals surface area contributed by atoms with Crippen LogP contribution in [0.5, 0.6) is 5.75 Å². The number of rotatable bonds is 9. The summed E-state index contributed by atoms with van der Waals surface area (Å²) in [5.41, 5.74) is 1.13. The van der Waals surface area contributed by atoms with Gasteiger partial charge in [0.25, 0.3) is 0 Å². The third kappa shape index (κ3) is 6.57. The van der Waals surface area contributed by atoms with Crippen LogP contribution in [0.25, 0.3) is 0 Å². The summed E-state index contributed by atoms with van der Waals surface area (Å²) in [4.78, 5) is 0. The predicted octanol–water partition coefficient (Wildman–Crippen LogP) is 2.22. The summed E-state index contributed by atoms with van der Waals surface area (Å²) in [5.74, 6) is 0.860. The largest absolute Gasteiger partial charge is 0.497 e. The van der Waals surface area contributed by atoms with E-state index in [1.54, 1.807) is 14.2 Å². The van der Waals surface area contributed by atoms with E-state index in [0.717, 1.165) is 17.9 Å². The summed E-state index contributed by atoms with van der Waals surface area (Å²) >= 11 is 0. The molecule has 1 unspecified atom stereocenters. The average Bonchev–Trinajstić information content (AvgIpc) is 2.42. The maximum atomic E-state index is 5.86. The van der Waals surface area contributed by atoms with Crippen molar-refractivity contribution in [2.24, 2.45) is 0 Å². The van der Waals surface area contributed by atoms with E-state index in [0.29, 0.717) is 19.3 Å². The average molecular weight is 267 g/mol. The molecule has 0 heterocycles. The van der Waals surface area contributed by atoms with Gasteiger partial charge in [-0.2, -0.15) is 0 Å². The first-order chi connectivity index (χ1) is 9.15. The molecular formula is C15H25NO3. The second-order valence-electron chi connectivity index (χ2n) is 4.80. The van der Waals surface area contributed by atoms with Gasteiger partial charge in [-0.25, -0.2) is 0 Å². The quantitative estimate of drug-likeness (QED) is 0.745. The van der Waals surface area contributed by atoms with Gasteiger partial charge in [-0.3, -0.25) is 0 Å². The number of ether oxygens (including phenoxy) is 3. The Hall–Kier alpha value is -1.10. The molecule has 19 heavy (non-hydrogen) atoms. The lowest BCUT2D eigenvalue weighted by molar-refractivity contribution is -0.0110. The lowest BCUT2D eigenvalue weighted by Crippen LogP contribution is -2.36. The fourth-order valence-electron chi connectivity index (χ4n) is 1.65. The highest BCUT2D eigenvalue weighted by Gasteiger charge is 2.09. The molecular weight excluding hydrogens is 242 g/mol. The molecule has 1 N–H and O–H groups in total. The molecule has 0 aliphatic carbocycles. The first-order valence-electron chi connectivity index (χ1n) is 6.62. The number of nitrogens with one attached hydrogen (secondary N) is 1. The molecule has 108 valence electrons. The van der Waals surface area contributed by atoms with Crippen molar-refractivity contribution in [3.8, 4) is 5.75 Å². The van der Waals surface area contributed by atoms with E-state index in [1.165, 1.54) is 0 Å². The van der Waals surface area contributed by atoms with Gasteiger partial charge in [0.15, 0.2) is 0 Å². The van der Waals surface area contributed by atoms with Gasteiger partial charge in [0.05, 0.1) is 26.4 Å². The first-order valence-corrected chi connectivity index (χ1v) is 6.62. The van der Waals surface area contributed by atoms with Gasteiger partial charge in [0, 0.05) is 19.7 Å². The third-order valence-electron chi connectivity index (χ3n) is 2.75. The predicted molar refractivity (Wildman–Crippen MR) is 76.6 cm³/mol. The Bertz CT molecular complexity index is 338. The number of methoxy groups -OCH3 is 2. The highest BCUT2D eigenvalue weighted by molar-refractivity contribution is 5.26. The molecule has 4 heteroatoms. The zero-order chi connectivity index (χ0) is 14.1. The lowest BCUT2D eigenvalue weighted by Gasteiger charge is -2.19. The smallest absolute Gasteiger partial charge is 0.118 e. The van der Waals surface area contributed by atoms with Gasteiger partial charge in [0.2, 0.25) is 0 Å². The molecule has 1 aromatic rings. The van der Waals surface area contributed by atoms with Gasteiger partial charge in [-0.05, 0) is 17.7 Å². The normalized spacial score (nSPS) is 12.7. The summed E-state index contributed by atoms with van der Waals surface area (Å²) in [7, 11) is 3.36. The Balaban J connectivity index is 2.40. The van der Waals surface area contributed by atoms with Crippen molar-refractivity contribution in [2.75, 3.05) is 27.4 Å². The molecule has 0 radical (unpaired) electrons. The minimum Gasteiger partial charge on any atom is -0.497 e. The summed E-state index contributed by atoms with van der Waals surface area (Å²) < 4.78 is 16.2. The first kappa shape index (κ1) is 16.0. The van der Waals surface area contributed by atoms with Gasteiger partial charge >= 0.3 is 0 Å². The molecule has 4 nitrogen and oxygen atoms in total. The Morgan fingerprint density at radius 3 is 2.32 bits per heavy atom. The minimum atomic E-state index is 0.0644. The van der Waals surface area contributed by atoms with Crippen LogP contribution in [0, 0.1) is 0 Å².